The summed E-state index contributed by atoms with van der Waals surface area (Å²) in [7, 11) is 0. The molecule has 0 bridgehead atoms. The van der Waals surface area contributed by atoms with Gasteiger partial charge in [0.1, 0.15) is 0 Å². The van der Waals surface area contributed by atoms with Crippen LogP contribution in [0.2, 0.25) is 0 Å². The van der Waals surface area contributed by atoms with E-state index >= 15 is 0 Å². The minimum absolute atomic E-state index is 0.200. The van der Waals surface area contributed by atoms with Crippen molar-refractivity contribution in [1.29, 1.82) is 0 Å². The third-order valence-corrected chi connectivity index (χ3v) is 4.79. The van der Waals surface area contributed by atoms with E-state index in [-0.39, 0.29) is 11.8 Å². The summed E-state index contributed by atoms with van der Waals surface area (Å²) in [5, 5.41) is 6.52. The molecule has 3 nitrogen and oxygen atoms in total. The van der Waals surface area contributed by atoms with Crippen LogP contribution in [-0.4, -0.2) is 25.0 Å². The number of carbonyl (C=O) groups excluding carboxylic acids is 1. The summed E-state index contributed by atoms with van der Waals surface area (Å²) in [5.41, 5.74) is 0. The first-order valence-electron chi connectivity index (χ1n) is 8.27. The smallest absolute Gasteiger partial charge is 0.224 e. The van der Waals surface area contributed by atoms with Crippen molar-refractivity contribution in [3.63, 3.8) is 0 Å². The van der Waals surface area contributed by atoms with E-state index in [1.165, 1.54) is 38.5 Å². The molecule has 0 aromatic heterocycles. The van der Waals surface area contributed by atoms with E-state index in [9.17, 15) is 4.79 Å². The zero-order chi connectivity index (χ0) is 13.5. The van der Waals surface area contributed by atoms with E-state index in [1.54, 1.807) is 0 Å². The van der Waals surface area contributed by atoms with Crippen LogP contribution in [0.3, 0.4) is 0 Å². The molecule has 1 amide bonds. The number of hydrogen-bond donors (Lipinski definition) is 2. The monoisotopic (exact) mass is 266 g/mol. The van der Waals surface area contributed by atoms with Gasteiger partial charge in [-0.2, -0.15) is 0 Å². The second-order valence-corrected chi connectivity index (χ2v) is 6.53. The van der Waals surface area contributed by atoms with Crippen LogP contribution in [-0.2, 0) is 4.79 Å². The fraction of sp³-hybridized carbons (Fsp3) is 0.938. The van der Waals surface area contributed by atoms with Crippen LogP contribution in [0.4, 0.5) is 0 Å². The van der Waals surface area contributed by atoms with Gasteiger partial charge in [-0.1, -0.05) is 32.1 Å². The van der Waals surface area contributed by atoms with Crippen LogP contribution < -0.4 is 10.6 Å². The predicted molar refractivity (Wildman–Crippen MR) is 79.0 cm³/mol. The number of amides is 1. The molecule has 1 saturated heterocycles. The van der Waals surface area contributed by atoms with Crippen LogP contribution in [0.5, 0.6) is 0 Å². The molecule has 0 spiro atoms. The van der Waals surface area contributed by atoms with Gasteiger partial charge in [0.2, 0.25) is 5.91 Å². The van der Waals surface area contributed by atoms with Gasteiger partial charge in [0, 0.05) is 12.6 Å². The predicted octanol–water partition coefficient (Wildman–Crippen LogP) is 2.85. The molecule has 0 radical (unpaired) electrons. The molecule has 2 atom stereocenters. The van der Waals surface area contributed by atoms with Crippen molar-refractivity contribution >= 4 is 5.91 Å². The second kappa shape index (κ2) is 7.88. The average Bonchev–Trinajstić information content (AvgIpc) is 2.47. The molecule has 0 aromatic rings. The fourth-order valence-corrected chi connectivity index (χ4v) is 3.47. The molecular weight excluding hydrogens is 236 g/mol. The Kier molecular flexibility index (Phi) is 6.15. The van der Waals surface area contributed by atoms with Crippen molar-refractivity contribution in [2.75, 3.05) is 13.1 Å². The molecule has 110 valence electrons. The number of carbonyl (C=O) groups is 1. The summed E-state index contributed by atoms with van der Waals surface area (Å²) in [5.74, 6) is 1.39. The maximum absolute atomic E-state index is 12.1. The topological polar surface area (TPSA) is 41.1 Å². The summed E-state index contributed by atoms with van der Waals surface area (Å²) >= 11 is 0. The molecule has 2 fully saturated rings. The van der Waals surface area contributed by atoms with Crippen molar-refractivity contribution in [1.82, 2.24) is 10.6 Å². The lowest BCUT2D eigenvalue weighted by Gasteiger charge is -2.26. The van der Waals surface area contributed by atoms with Gasteiger partial charge in [-0.25, -0.2) is 0 Å². The maximum Gasteiger partial charge on any atom is 0.224 e. The first-order chi connectivity index (χ1) is 9.25. The van der Waals surface area contributed by atoms with E-state index < -0.39 is 0 Å². The van der Waals surface area contributed by atoms with Crippen LogP contribution in [0.15, 0.2) is 0 Å². The van der Waals surface area contributed by atoms with Gasteiger partial charge in [-0.15, -0.1) is 0 Å². The number of rotatable bonds is 5. The normalized spacial score (nSPS) is 26.9. The minimum Gasteiger partial charge on any atom is -0.353 e. The van der Waals surface area contributed by atoms with E-state index in [0.717, 1.165) is 38.3 Å². The van der Waals surface area contributed by atoms with Crippen molar-refractivity contribution in [2.45, 2.75) is 70.8 Å². The number of hydrogen-bond acceptors (Lipinski definition) is 2. The van der Waals surface area contributed by atoms with Crippen molar-refractivity contribution in [3.05, 3.63) is 0 Å². The van der Waals surface area contributed by atoms with Crippen LogP contribution in [0, 0.1) is 11.8 Å². The lowest BCUT2D eigenvalue weighted by molar-refractivity contribution is -0.126. The molecule has 1 heterocycles. The van der Waals surface area contributed by atoms with Crippen molar-refractivity contribution < 1.29 is 4.79 Å². The highest BCUT2D eigenvalue weighted by molar-refractivity contribution is 5.79. The third kappa shape index (κ3) is 5.13. The first kappa shape index (κ1) is 14.8. The quantitative estimate of drug-likeness (QED) is 0.803. The van der Waals surface area contributed by atoms with E-state index in [1.807, 2.05) is 0 Å². The fourth-order valence-electron chi connectivity index (χ4n) is 3.47. The Balaban J connectivity index is 1.62. The Morgan fingerprint density at radius 1 is 1.21 bits per heavy atom. The molecule has 1 saturated carbocycles. The Hall–Kier alpha value is -0.570. The molecule has 1 aliphatic carbocycles. The molecule has 2 unspecified atom stereocenters. The molecule has 2 aliphatic rings. The first-order valence-corrected chi connectivity index (χ1v) is 8.27. The van der Waals surface area contributed by atoms with E-state index in [4.69, 9.17) is 0 Å². The Morgan fingerprint density at radius 2 is 2.00 bits per heavy atom. The summed E-state index contributed by atoms with van der Waals surface area (Å²) < 4.78 is 0. The molecule has 2 rings (SSSR count). The van der Waals surface area contributed by atoms with Crippen molar-refractivity contribution in [3.8, 4) is 0 Å². The lowest BCUT2D eigenvalue weighted by atomic mass is 9.85. The molecular formula is C16H30N2O. The van der Waals surface area contributed by atoms with Crippen LogP contribution >= 0.6 is 0 Å². The molecule has 0 aromatic carbocycles. The maximum atomic E-state index is 12.1. The van der Waals surface area contributed by atoms with Gasteiger partial charge in [-0.05, 0) is 45.1 Å². The zero-order valence-electron chi connectivity index (χ0n) is 12.4. The van der Waals surface area contributed by atoms with Gasteiger partial charge < -0.3 is 10.6 Å². The van der Waals surface area contributed by atoms with Gasteiger partial charge in [0.25, 0.3) is 0 Å². The van der Waals surface area contributed by atoms with Crippen LogP contribution in [0.25, 0.3) is 0 Å². The number of nitrogens with one attached hydrogen (secondary N) is 2. The molecule has 3 heteroatoms. The summed E-state index contributed by atoms with van der Waals surface area (Å²) in [6.45, 7) is 4.10. The van der Waals surface area contributed by atoms with Gasteiger partial charge >= 0.3 is 0 Å². The Labute approximate surface area is 117 Å². The number of piperidine rings is 1. The standard InChI is InChI=1S/C16H30N2O/c1-13(9-10-14-6-3-2-4-7-14)18-16(19)15-8-5-11-17-12-15/h13-15,17H,2-12H2,1H3,(H,18,19). The highest BCUT2D eigenvalue weighted by Gasteiger charge is 2.22. The highest BCUT2D eigenvalue weighted by atomic mass is 16.1. The summed E-state index contributed by atoms with van der Waals surface area (Å²) in [6, 6.07) is 0.344. The molecule has 2 N–H and O–H groups in total. The van der Waals surface area contributed by atoms with E-state index in [0.29, 0.717) is 6.04 Å². The summed E-state index contributed by atoms with van der Waals surface area (Å²) in [6.07, 6.45) is 11.7. The third-order valence-electron chi connectivity index (χ3n) is 4.79. The largest absolute Gasteiger partial charge is 0.353 e. The van der Waals surface area contributed by atoms with Gasteiger partial charge in [0.05, 0.1) is 5.92 Å². The second-order valence-electron chi connectivity index (χ2n) is 6.53. The van der Waals surface area contributed by atoms with Crippen LogP contribution in [0.1, 0.15) is 64.7 Å². The lowest BCUT2D eigenvalue weighted by Crippen LogP contribution is -2.43. The minimum atomic E-state index is 0.200. The SMILES string of the molecule is CC(CCC1CCCCC1)NC(=O)C1CCCNC1. The van der Waals surface area contributed by atoms with Crippen molar-refractivity contribution in [2.24, 2.45) is 11.8 Å². The summed E-state index contributed by atoms with van der Waals surface area (Å²) in [4.78, 5) is 12.1. The molecule has 19 heavy (non-hydrogen) atoms. The Bertz CT molecular complexity index is 268. The van der Waals surface area contributed by atoms with Gasteiger partial charge in [-0.3, -0.25) is 4.79 Å². The zero-order valence-corrected chi connectivity index (χ0v) is 12.4. The van der Waals surface area contributed by atoms with E-state index in [2.05, 4.69) is 17.6 Å². The molecule has 1 aliphatic heterocycles. The average molecular weight is 266 g/mol. The van der Waals surface area contributed by atoms with Gasteiger partial charge in [0.15, 0.2) is 0 Å². The Morgan fingerprint density at radius 3 is 2.68 bits per heavy atom. The highest BCUT2D eigenvalue weighted by Crippen LogP contribution is 2.27.